The monoisotopic (exact) mass is 320 g/mol. The number of nitrogens with zero attached hydrogens (tertiary/aromatic N) is 1. The Morgan fingerprint density at radius 3 is 2.38 bits per heavy atom. The van der Waals surface area contributed by atoms with Crippen LogP contribution in [0.15, 0.2) is 47.5 Å². The van der Waals surface area contributed by atoms with Crippen LogP contribution >= 0.6 is 23.2 Å². The first-order valence-electron chi connectivity index (χ1n) is 6.64. The highest BCUT2D eigenvalue weighted by Gasteiger charge is 2.09. The Kier molecular flexibility index (Phi) is 4.44. The smallest absolute Gasteiger partial charge is 0.119 e. The van der Waals surface area contributed by atoms with Crippen LogP contribution in [0.3, 0.4) is 0 Å². The predicted octanol–water partition coefficient (Wildman–Crippen LogP) is 3.92. The van der Waals surface area contributed by atoms with E-state index in [4.69, 9.17) is 27.9 Å². The van der Waals surface area contributed by atoms with Crippen molar-refractivity contribution in [2.75, 3.05) is 13.2 Å². The molecule has 0 unspecified atom stereocenters. The lowest BCUT2D eigenvalue weighted by Gasteiger charge is -2.10. The van der Waals surface area contributed by atoms with E-state index in [0.717, 1.165) is 29.1 Å². The molecule has 1 heterocycles. The van der Waals surface area contributed by atoms with Crippen LogP contribution in [0.2, 0.25) is 10.0 Å². The summed E-state index contributed by atoms with van der Waals surface area (Å²) in [6.07, 6.45) is 0. The van der Waals surface area contributed by atoms with E-state index >= 15 is 0 Å². The highest BCUT2D eigenvalue weighted by atomic mass is 35.5. The molecular formula is C16H14Cl2N2O. The summed E-state index contributed by atoms with van der Waals surface area (Å²) in [5.74, 6) is 0.779. The first-order valence-corrected chi connectivity index (χ1v) is 7.40. The van der Waals surface area contributed by atoms with Gasteiger partial charge in [0.2, 0.25) is 0 Å². The van der Waals surface area contributed by atoms with E-state index < -0.39 is 0 Å². The molecule has 0 spiro atoms. The summed E-state index contributed by atoms with van der Waals surface area (Å²) in [5, 5.41) is 4.41. The molecule has 2 aromatic carbocycles. The summed E-state index contributed by atoms with van der Waals surface area (Å²) in [6.45, 7) is 1.86. The SMILES string of the molecule is Clc1cccc(Cl)c1COc1ccc(C2=NCNC2)cc1. The molecule has 0 aliphatic carbocycles. The van der Waals surface area contributed by atoms with E-state index in [1.165, 1.54) is 0 Å². The molecule has 0 saturated carbocycles. The van der Waals surface area contributed by atoms with E-state index in [0.29, 0.717) is 23.3 Å². The molecule has 0 fully saturated rings. The zero-order valence-electron chi connectivity index (χ0n) is 11.3. The van der Waals surface area contributed by atoms with Crippen molar-refractivity contribution in [2.45, 2.75) is 6.61 Å². The zero-order chi connectivity index (χ0) is 14.7. The van der Waals surface area contributed by atoms with Crippen molar-refractivity contribution in [1.29, 1.82) is 0 Å². The quantitative estimate of drug-likeness (QED) is 0.926. The highest BCUT2D eigenvalue weighted by molar-refractivity contribution is 6.35. The Bertz CT molecular complexity index is 648. The van der Waals surface area contributed by atoms with Crippen LogP contribution in [0.25, 0.3) is 0 Å². The van der Waals surface area contributed by atoms with Gasteiger partial charge in [-0.15, -0.1) is 0 Å². The van der Waals surface area contributed by atoms with Crippen LogP contribution in [0.4, 0.5) is 0 Å². The van der Waals surface area contributed by atoms with Crippen LogP contribution in [0, 0.1) is 0 Å². The molecule has 0 amide bonds. The van der Waals surface area contributed by atoms with E-state index in [9.17, 15) is 0 Å². The van der Waals surface area contributed by atoms with Gasteiger partial charge < -0.3 is 4.74 Å². The summed E-state index contributed by atoms with van der Waals surface area (Å²) in [7, 11) is 0. The lowest BCUT2D eigenvalue weighted by atomic mass is 10.1. The number of benzene rings is 2. The Hall–Kier alpha value is -1.55. The maximum absolute atomic E-state index is 6.12. The van der Waals surface area contributed by atoms with Gasteiger partial charge in [-0.2, -0.15) is 0 Å². The second-order valence-electron chi connectivity index (χ2n) is 4.70. The Labute approximate surface area is 133 Å². The fourth-order valence-corrected chi connectivity index (χ4v) is 2.65. The molecule has 5 heteroatoms. The Morgan fingerprint density at radius 1 is 1.05 bits per heavy atom. The fraction of sp³-hybridized carbons (Fsp3) is 0.188. The topological polar surface area (TPSA) is 33.6 Å². The summed E-state index contributed by atoms with van der Waals surface area (Å²) in [5.41, 5.74) is 2.99. The largest absolute Gasteiger partial charge is 0.489 e. The number of hydrogen-bond acceptors (Lipinski definition) is 3. The number of hydrogen-bond donors (Lipinski definition) is 1. The van der Waals surface area contributed by atoms with Gasteiger partial charge in [0.1, 0.15) is 12.4 Å². The van der Waals surface area contributed by atoms with Gasteiger partial charge in [0.05, 0.1) is 12.4 Å². The van der Waals surface area contributed by atoms with E-state index in [2.05, 4.69) is 10.3 Å². The Morgan fingerprint density at radius 2 is 1.76 bits per heavy atom. The van der Waals surface area contributed by atoms with Crippen LogP contribution in [-0.4, -0.2) is 18.9 Å². The summed E-state index contributed by atoms with van der Waals surface area (Å²) < 4.78 is 5.75. The van der Waals surface area contributed by atoms with Crippen molar-refractivity contribution in [1.82, 2.24) is 5.32 Å². The minimum atomic E-state index is 0.348. The van der Waals surface area contributed by atoms with Gasteiger partial charge in [-0.05, 0) is 42.0 Å². The fourth-order valence-electron chi connectivity index (χ4n) is 2.14. The molecule has 2 aromatic rings. The molecule has 0 bridgehead atoms. The van der Waals surface area contributed by atoms with Crippen LogP contribution in [0.5, 0.6) is 5.75 Å². The van der Waals surface area contributed by atoms with Crippen molar-refractivity contribution < 1.29 is 4.74 Å². The lowest BCUT2D eigenvalue weighted by Crippen LogP contribution is -2.13. The van der Waals surface area contributed by atoms with Gasteiger partial charge in [0.25, 0.3) is 0 Å². The molecule has 1 aliphatic heterocycles. The molecular weight excluding hydrogens is 307 g/mol. The van der Waals surface area contributed by atoms with Crippen molar-refractivity contribution in [3.8, 4) is 5.75 Å². The van der Waals surface area contributed by atoms with Crippen LogP contribution in [0.1, 0.15) is 11.1 Å². The van der Waals surface area contributed by atoms with E-state index in [1.54, 1.807) is 12.1 Å². The molecule has 3 nitrogen and oxygen atoms in total. The van der Waals surface area contributed by atoms with Gasteiger partial charge in [-0.1, -0.05) is 29.3 Å². The number of nitrogens with one attached hydrogen (secondary N) is 1. The number of halogens is 2. The maximum atomic E-state index is 6.12. The zero-order valence-corrected chi connectivity index (χ0v) is 12.8. The highest BCUT2D eigenvalue weighted by Crippen LogP contribution is 2.26. The molecule has 0 aromatic heterocycles. The third-order valence-corrected chi connectivity index (χ3v) is 4.01. The third kappa shape index (κ3) is 3.38. The predicted molar refractivity (Wildman–Crippen MR) is 86.6 cm³/mol. The maximum Gasteiger partial charge on any atom is 0.119 e. The summed E-state index contributed by atoms with van der Waals surface area (Å²) in [4.78, 5) is 4.38. The Balaban J connectivity index is 1.68. The summed E-state index contributed by atoms with van der Waals surface area (Å²) >= 11 is 12.2. The third-order valence-electron chi connectivity index (χ3n) is 3.31. The number of ether oxygens (including phenoxy) is 1. The lowest BCUT2D eigenvalue weighted by molar-refractivity contribution is 0.306. The second-order valence-corrected chi connectivity index (χ2v) is 5.52. The van der Waals surface area contributed by atoms with Crippen molar-refractivity contribution in [3.63, 3.8) is 0 Å². The van der Waals surface area contributed by atoms with E-state index in [-0.39, 0.29) is 0 Å². The molecule has 21 heavy (non-hydrogen) atoms. The number of rotatable bonds is 4. The van der Waals surface area contributed by atoms with Crippen LogP contribution in [-0.2, 0) is 6.61 Å². The van der Waals surface area contributed by atoms with Gasteiger partial charge >= 0.3 is 0 Å². The minimum Gasteiger partial charge on any atom is -0.489 e. The molecule has 1 N–H and O–H groups in total. The molecule has 108 valence electrons. The summed E-state index contributed by atoms with van der Waals surface area (Å²) in [6, 6.07) is 13.3. The minimum absolute atomic E-state index is 0.348. The normalized spacial score (nSPS) is 14.1. The first-order chi connectivity index (χ1) is 10.2. The van der Waals surface area contributed by atoms with Gasteiger partial charge in [-0.3, -0.25) is 10.3 Å². The standard InChI is InChI=1S/C16H14Cl2N2O/c17-14-2-1-3-15(18)13(14)9-21-12-6-4-11(5-7-12)16-8-19-10-20-16/h1-7,19H,8-10H2. The average molecular weight is 321 g/mol. The average Bonchev–Trinajstić information content (AvgIpc) is 3.02. The van der Waals surface area contributed by atoms with Gasteiger partial charge in [-0.25, -0.2) is 0 Å². The van der Waals surface area contributed by atoms with Crippen molar-refractivity contribution >= 4 is 28.9 Å². The molecule has 1 aliphatic rings. The molecule has 3 rings (SSSR count). The van der Waals surface area contributed by atoms with Gasteiger partial charge in [0, 0.05) is 22.2 Å². The molecule has 0 saturated heterocycles. The van der Waals surface area contributed by atoms with Crippen molar-refractivity contribution in [2.24, 2.45) is 4.99 Å². The van der Waals surface area contributed by atoms with Crippen LogP contribution < -0.4 is 10.1 Å². The van der Waals surface area contributed by atoms with Crippen molar-refractivity contribution in [3.05, 3.63) is 63.6 Å². The molecule has 0 atom stereocenters. The molecule has 0 radical (unpaired) electrons. The second kappa shape index (κ2) is 6.48. The van der Waals surface area contributed by atoms with Gasteiger partial charge in [0.15, 0.2) is 0 Å². The number of aliphatic imine (C=N–C) groups is 1. The van der Waals surface area contributed by atoms with E-state index in [1.807, 2.05) is 30.3 Å². The first kappa shape index (κ1) is 14.4.